The van der Waals surface area contributed by atoms with E-state index in [0.717, 1.165) is 57.8 Å². The molecule has 0 aliphatic carbocycles. The van der Waals surface area contributed by atoms with Gasteiger partial charge in [0.05, 0.1) is 13.2 Å². The maximum atomic E-state index is 12.5. The van der Waals surface area contributed by atoms with Crippen molar-refractivity contribution in [3.63, 3.8) is 0 Å². The Bertz CT molecular complexity index is 902. The Morgan fingerprint density at radius 3 is 1.35 bits per heavy atom. The minimum Gasteiger partial charge on any atom is -0.462 e. The van der Waals surface area contributed by atoms with Crippen molar-refractivity contribution < 1.29 is 37.6 Å². The van der Waals surface area contributed by atoms with Gasteiger partial charge in [-0.05, 0) is 38.5 Å². The summed E-state index contributed by atoms with van der Waals surface area (Å²) in [5.41, 5.74) is 5.34. The number of unbranched alkanes of at least 4 members (excludes halogenated alkanes) is 28. The van der Waals surface area contributed by atoms with Crippen molar-refractivity contribution in [2.24, 2.45) is 5.73 Å². The van der Waals surface area contributed by atoms with E-state index in [9.17, 15) is 19.0 Å². The Morgan fingerprint density at radius 1 is 0.537 bits per heavy atom. The summed E-state index contributed by atoms with van der Waals surface area (Å²) in [6.45, 7) is 3.73. The maximum absolute atomic E-state index is 12.5. The van der Waals surface area contributed by atoms with Gasteiger partial charge in [-0.25, -0.2) is 4.57 Å². The quantitative estimate of drug-likeness (QED) is 0.0268. The van der Waals surface area contributed by atoms with Crippen LogP contribution in [0.3, 0.4) is 0 Å². The summed E-state index contributed by atoms with van der Waals surface area (Å²) in [7, 11) is -4.37. The summed E-state index contributed by atoms with van der Waals surface area (Å²) in [4.78, 5) is 34.8. The monoisotopic (exact) mass is 788 g/mol. The predicted molar refractivity (Wildman–Crippen MR) is 224 cm³/mol. The van der Waals surface area contributed by atoms with Gasteiger partial charge < -0.3 is 20.1 Å². The number of nitrogens with two attached hydrogens (primary N) is 1. The number of ether oxygens (including phenoxy) is 2. The van der Waals surface area contributed by atoms with E-state index in [1.165, 1.54) is 135 Å². The molecule has 0 saturated carbocycles. The second kappa shape index (κ2) is 41.4. The zero-order chi connectivity index (χ0) is 39.6. The molecule has 0 spiro atoms. The largest absolute Gasteiger partial charge is 0.472 e. The van der Waals surface area contributed by atoms with Crippen molar-refractivity contribution in [3.05, 3.63) is 12.2 Å². The number of hydrogen-bond acceptors (Lipinski definition) is 8. The fraction of sp³-hybridized carbons (Fsp3) is 0.909. The van der Waals surface area contributed by atoms with Crippen molar-refractivity contribution in [1.82, 2.24) is 0 Å². The fourth-order valence-electron chi connectivity index (χ4n) is 6.51. The van der Waals surface area contributed by atoms with Gasteiger partial charge in [-0.1, -0.05) is 187 Å². The van der Waals surface area contributed by atoms with Crippen LogP contribution in [0.4, 0.5) is 0 Å². The van der Waals surface area contributed by atoms with E-state index in [-0.39, 0.29) is 38.6 Å². The van der Waals surface area contributed by atoms with Gasteiger partial charge in [-0.15, -0.1) is 0 Å². The van der Waals surface area contributed by atoms with Gasteiger partial charge in [0, 0.05) is 19.4 Å². The summed E-state index contributed by atoms with van der Waals surface area (Å²) in [5.74, 6) is -0.828. The standard InChI is InChI=1S/C44H86NO8P/c1-3-5-7-9-11-13-15-17-18-19-20-21-22-23-24-25-27-28-30-32-34-36-43(46)50-40-42(41-52-54(48,49)51-39-38-45)53-44(47)37-35-33-31-29-26-16-14-12-10-8-6-4-2/h12,14,42H,3-11,13,15-41,45H2,1-2H3,(H,48,49)/b14-12-. The molecule has 10 heteroatoms. The van der Waals surface area contributed by atoms with E-state index in [0.29, 0.717) is 6.42 Å². The molecule has 3 N–H and O–H groups in total. The number of esters is 2. The minimum atomic E-state index is -4.37. The van der Waals surface area contributed by atoms with Crippen LogP contribution in [-0.2, 0) is 32.7 Å². The first-order valence-electron chi connectivity index (χ1n) is 22.7. The van der Waals surface area contributed by atoms with Crippen LogP contribution in [0.2, 0.25) is 0 Å². The van der Waals surface area contributed by atoms with E-state index in [1.54, 1.807) is 0 Å². The number of allylic oxidation sites excluding steroid dienone is 2. The Morgan fingerprint density at radius 2 is 0.907 bits per heavy atom. The summed E-state index contributed by atoms with van der Waals surface area (Å²) >= 11 is 0. The molecule has 0 bridgehead atoms. The number of carbonyl (C=O) groups is 2. The van der Waals surface area contributed by atoms with E-state index >= 15 is 0 Å². The lowest BCUT2D eigenvalue weighted by atomic mass is 10.0. The topological polar surface area (TPSA) is 134 Å². The number of phosphoric ester groups is 1. The highest BCUT2D eigenvalue weighted by atomic mass is 31.2. The van der Waals surface area contributed by atoms with Gasteiger partial charge in [0.15, 0.2) is 6.10 Å². The lowest BCUT2D eigenvalue weighted by Crippen LogP contribution is -2.29. The van der Waals surface area contributed by atoms with Crippen LogP contribution in [-0.4, -0.2) is 49.3 Å². The number of phosphoric acid groups is 1. The van der Waals surface area contributed by atoms with Crippen LogP contribution >= 0.6 is 7.82 Å². The average Bonchev–Trinajstić information content (AvgIpc) is 3.16. The van der Waals surface area contributed by atoms with Gasteiger partial charge in [-0.2, -0.15) is 0 Å². The van der Waals surface area contributed by atoms with Crippen molar-refractivity contribution in [2.45, 2.75) is 232 Å². The molecule has 0 amide bonds. The zero-order valence-electron chi connectivity index (χ0n) is 35.2. The molecule has 0 rings (SSSR count). The molecule has 0 heterocycles. The van der Waals surface area contributed by atoms with Gasteiger partial charge in [0.25, 0.3) is 0 Å². The summed E-state index contributed by atoms with van der Waals surface area (Å²) in [6.07, 6.45) is 42.5. The third-order valence-electron chi connectivity index (χ3n) is 9.90. The Hall–Kier alpha value is -1.25. The van der Waals surface area contributed by atoms with Crippen LogP contribution in [0.25, 0.3) is 0 Å². The van der Waals surface area contributed by atoms with Gasteiger partial charge in [-0.3, -0.25) is 18.6 Å². The van der Waals surface area contributed by atoms with Gasteiger partial charge >= 0.3 is 19.8 Å². The Balaban J connectivity index is 4.02. The van der Waals surface area contributed by atoms with E-state index < -0.39 is 26.5 Å². The second-order valence-electron chi connectivity index (χ2n) is 15.3. The molecule has 2 atom stereocenters. The molecular formula is C44H86NO8P. The number of rotatable bonds is 43. The van der Waals surface area contributed by atoms with Crippen LogP contribution in [0.1, 0.15) is 226 Å². The number of hydrogen-bond donors (Lipinski definition) is 2. The van der Waals surface area contributed by atoms with Crippen LogP contribution in [0, 0.1) is 0 Å². The van der Waals surface area contributed by atoms with Gasteiger partial charge in [0.2, 0.25) is 0 Å². The Labute approximate surface area is 332 Å². The molecule has 0 aromatic heterocycles. The second-order valence-corrected chi connectivity index (χ2v) is 16.7. The molecule has 0 radical (unpaired) electrons. The van der Waals surface area contributed by atoms with Crippen molar-refractivity contribution in [2.75, 3.05) is 26.4 Å². The van der Waals surface area contributed by atoms with Crippen molar-refractivity contribution in [1.29, 1.82) is 0 Å². The van der Waals surface area contributed by atoms with Gasteiger partial charge in [0.1, 0.15) is 6.61 Å². The maximum Gasteiger partial charge on any atom is 0.472 e. The fourth-order valence-corrected chi connectivity index (χ4v) is 7.28. The summed E-state index contributed by atoms with van der Waals surface area (Å²) < 4.78 is 32.8. The van der Waals surface area contributed by atoms with E-state index in [1.807, 2.05) is 0 Å². The average molecular weight is 788 g/mol. The van der Waals surface area contributed by atoms with Crippen LogP contribution in [0.15, 0.2) is 12.2 Å². The van der Waals surface area contributed by atoms with Crippen molar-refractivity contribution in [3.8, 4) is 0 Å². The molecular weight excluding hydrogens is 701 g/mol. The molecule has 0 aromatic rings. The van der Waals surface area contributed by atoms with Crippen LogP contribution < -0.4 is 5.73 Å². The Kier molecular flexibility index (Phi) is 40.4. The minimum absolute atomic E-state index is 0.0548. The first-order chi connectivity index (χ1) is 26.3. The zero-order valence-corrected chi connectivity index (χ0v) is 36.1. The SMILES string of the molecule is CCCCC/C=C\CCCCCCCC(=O)OC(COC(=O)CCCCCCCCCCCCCCCCCCCCCCC)COP(=O)(O)OCCN. The highest BCUT2D eigenvalue weighted by Crippen LogP contribution is 2.43. The third-order valence-corrected chi connectivity index (χ3v) is 10.9. The lowest BCUT2D eigenvalue weighted by molar-refractivity contribution is -0.161. The summed E-state index contributed by atoms with van der Waals surface area (Å²) in [5, 5.41) is 0. The van der Waals surface area contributed by atoms with Crippen molar-refractivity contribution >= 4 is 19.8 Å². The normalized spacial score (nSPS) is 13.3. The highest BCUT2D eigenvalue weighted by molar-refractivity contribution is 7.47. The first kappa shape index (κ1) is 52.8. The highest BCUT2D eigenvalue weighted by Gasteiger charge is 2.26. The molecule has 0 fully saturated rings. The van der Waals surface area contributed by atoms with E-state index in [4.69, 9.17) is 24.3 Å². The molecule has 0 saturated heterocycles. The van der Waals surface area contributed by atoms with E-state index in [2.05, 4.69) is 26.0 Å². The molecule has 0 aliphatic rings. The first-order valence-corrected chi connectivity index (χ1v) is 24.2. The molecule has 320 valence electrons. The molecule has 0 aromatic carbocycles. The third kappa shape index (κ3) is 40.4. The molecule has 0 aliphatic heterocycles. The molecule has 54 heavy (non-hydrogen) atoms. The summed E-state index contributed by atoms with van der Waals surface area (Å²) in [6, 6.07) is 0. The molecule has 2 unspecified atom stereocenters. The molecule has 9 nitrogen and oxygen atoms in total. The lowest BCUT2D eigenvalue weighted by Gasteiger charge is -2.19. The number of carbonyl (C=O) groups excluding carboxylic acids is 2. The predicted octanol–water partition coefficient (Wildman–Crippen LogP) is 13.0. The van der Waals surface area contributed by atoms with Crippen LogP contribution in [0.5, 0.6) is 0 Å². The smallest absolute Gasteiger partial charge is 0.462 e.